The maximum absolute atomic E-state index is 11.4. The molecule has 0 spiro atoms. The molecule has 0 unspecified atom stereocenters. The molecule has 0 amide bonds. The molecule has 0 atom stereocenters. The fraction of sp³-hybridized carbons (Fsp3) is 0.235. The third-order valence-corrected chi connectivity index (χ3v) is 3.34. The number of carboxylic acids is 1. The maximum Gasteiger partial charge on any atom is 0.339 e. The Morgan fingerprint density at radius 2 is 1.95 bits per heavy atom. The summed E-state index contributed by atoms with van der Waals surface area (Å²) in [7, 11) is 1.41. The van der Waals surface area contributed by atoms with E-state index >= 15 is 0 Å². The van der Waals surface area contributed by atoms with E-state index in [0.717, 1.165) is 16.3 Å². The van der Waals surface area contributed by atoms with E-state index < -0.39 is 11.6 Å². The van der Waals surface area contributed by atoms with Crippen molar-refractivity contribution >= 4 is 22.3 Å². The largest absolute Gasteiger partial charge is 0.503 e. The number of aliphatic carboxylic acids is 1. The van der Waals surface area contributed by atoms with Crippen LogP contribution in [0.4, 0.5) is 0 Å². The normalized spacial score (nSPS) is 12.5. The van der Waals surface area contributed by atoms with Crippen LogP contribution < -0.4 is 0 Å². The molecule has 0 aliphatic rings. The molecule has 0 saturated carbocycles. The Morgan fingerprint density at radius 1 is 1.24 bits per heavy atom. The van der Waals surface area contributed by atoms with Gasteiger partial charge in [-0.15, -0.1) is 0 Å². The van der Waals surface area contributed by atoms with Crippen molar-refractivity contribution in [3.05, 3.63) is 53.8 Å². The third-order valence-electron chi connectivity index (χ3n) is 3.34. The summed E-state index contributed by atoms with van der Waals surface area (Å²) in [5.41, 5.74) is 0.379. The van der Waals surface area contributed by atoms with Gasteiger partial charge in [0.15, 0.2) is 0 Å². The molecule has 21 heavy (non-hydrogen) atoms. The lowest BCUT2D eigenvalue weighted by Gasteiger charge is -2.19. The number of hydrogen-bond acceptors (Lipinski definition) is 3. The lowest BCUT2D eigenvalue weighted by atomic mass is 9.92. The average Bonchev–Trinajstić information content (AvgIpc) is 2.42. The van der Waals surface area contributed by atoms with Crippen LogP contribution in [-0.4, -0.2) is 23.3 Å². The van der Waals surface area contributed by atoms with Gasteiger partial charge in [-0.3, -0.25) is 0 Å². The van der Waals surface area contributed by atoms with Crippen LogP contribution in [0.2, 0.25) is 0 Å². The summed E-state index contributed by atoms with van der Waals surface area (Å²) in [4.78, 5) is 11.4. The number of carboxylic acid groups (broad SMARTS) is 1. The lowest BCUT2D eigenvalue weighted by molar-refractivity contribution is -0.130. The van der Waals surface area contributed by atoms with Gasteiger partial charge < -0.3 is 14.9 Å². The van der Waals surface area contributed by atoms with E-state index in [1.54, 1.807) is 26.0 Å². The summed E-state index contributed by atoms with van der Waals surface area (Å²) in [6.45, 7) is 3.39. The molecule has 2 aromatic rings. The maximum atomic E-state index is 11.4. The van der Waals surface area contributed by atoms with E-state index in [-0.39, 0.29) is 5.57 Å². The number of hydrogen-bond donors (Lipinski definition) is 2. The fourth-order valence-electron chi connectivity index (χ4n) is 2.24. The Bertz CT molecular complexity index is 708. The van der Waals surface area contributed by atoms with Crippen molar-refractivity contribution in [1.82, 2.24) is 0 Å². The van der Waals surface area contributed by atoms with E-state index in [1.165, 1.54) is 13.4 Å². The third kappa shape index (κ3) is 3.06. The molecule has 2 rings (SSSR count). The topological polar surface area (TPSA) is 66.8 Å². The molecule has 0 aromatic heterocycles. The Hall–Kier alpha value is -2.33. The first kappa shape index (κ1) is 15.1. The van der Waals surface area contributed by atoms with Gasteiger partial charge in [0, 0.05) is 0 Å². The van der Waals surface area contributed by atoms with Crippen molar-refractivity contribution in [2.75, 3.05) is 7.11 Å². The molecule has 0 radical (unpaired) electrons. The highest BCUT2D eigenvalue weighted by Gasteiger charge is 2.19. The lowest BCUT2D eigenvalue weighted by Crippen LogP contribution is -2.15. The number of aliphatic hydroxyl groups is 1. The zero-order valence-electron chi connectivity index (χ0n) is 12.3. The smallest absolute Gasteiger partial charge is 0.339 e. The minimum atomic E-state index is -1.06. The van der Waals surface area contributed by atoms with Crippen molar-refractivity contribution in [1.29, 1.82) is 0 Å². The standard InChI is InChI=1S/C17H18O4/c1-17(2,20)12-8-7-11-5-4-6-13(14(11)9-12)15(10-21-3)16(18)19/h4-10,20H,1-3H3,(H,18,19)/b15-10+. The highest BCUT2D eigenvalue weighted by molar-refractivity contribution is 6.19. The van der Waals surface area contributed by atoms with Crippen molar-refractivity contribution in [3.8, 4) is 0 Å². The zero-order valence-corrected chi connectivity index (χ0v) is 12.3. The molecule has 0 fully saturated rings. The second-order valence-corrected chi connectivity index (χ2v) is 5.37. The van der Waals surface area contributed by atoms with Gasteiger partial charge >= 0.3 is 5.97 Å². The van der Waals surface area contributed by atoms with Gasteiger partial charge in [0.1, 0.15) is 5.57 Å². The molecule has 2 N–H and O–H groups in total. The van der Waals surface area contributed by atoms with Crippen LogP contribution in [0.5, 0.6) is 0 Å². The number of carbonyl (C=O) groups is 1. The van der Waals surface area contributed by atoms with Gasteiger partial charge in [0.25, 0.3) is 0 Å². The van der Waals surface area contributed by atoms with E-state index in [0.29, 0.717) is 5.56 Å². The van der Waals surface area contributed by atoms with Crippen LogP contribution >= 0.6 is 0 Å². The zero-order chi connectivity index (χ0) is 15.6. The summed E-state index contributed by atoms with van der Waals surface area (Å²) in [6.07, 6.45) is 1.22. The summed E-state index contributed by atoms with van der Waals surface area (Å²) < 4.78 is 4.87. The van der Waals surface area contributed by atoms with Crippen LogP contribution in [0.15, 0.2) is 42.7 Å². The van der Waals surface area contributed by atoms with Crippen LogP contribution in [0.1, 0.15) is 25.0 Å². The molecular weight excluding hydrogens is 268 g/mol. The van der Waals surface area contributed by atoms with E-state index in [9.17, 15) is 15.0 Å². The fourth-order valence-corrected chi connectivity index (χ4v) is 2.24. The first-order valence-corrected chi connectivity index (χ1v) is 6.57. The van der Waals surface area contributed by atoms with Gasteiger partial charge in [-0.2, -0.15) is 0 Å². The second-order valence-electron chi connectivity index (χ2n) is 5.37. The van der Waals surface area contributed by atoms with Crippen molar-refractivity contribution < 1.29 is 19.7 Å². The summed E-state index contributed by atoms with van der Waals surface area (Å²) in [6, 6.07) is 11.0. The quantitative estimate of drug-likeness (QED) is 0.669. The van der Waals surface area contributed by atoms with Crippen LogP contribution in [0.25, 0.3) is 16.3 Å². The van der Waals surface area contributed by atoms with E-state index in [2.05, 4.69) is 0 Å². The minimum Gasteiger partial charge on any atom is -0.503 e. The van der Waals surface area contributed by atoms with Gasteiger partial charge in [0.05, 0.1) is 19.0 Å². The van der Waals surface area contributed by atoms with Gasteiger partial charge in [-0.1, -0.05) is 30.3 Å². The Labute approximate surface area is 123 Å². The van der Waals surface area contributed by atoms with Crippen molar-refractivity contribution in [3.63, 3.8) is 0 Å². The number of benzene rings is 2. The average molecular weight is 286 g/mol. The Kier molecular flexibility index (Phi) is 4.00. The molecule has 0 aliphatic carbocycles. The highest BCUT2D eigenvalue weighted by atomic mass is 16.5. The molecule has 0 bridgehead atoms. The predicted molar refractivity (Wildman–Crippen MR) is 81.8 cm³/mol. The van der Waals surface area contributed by atoms with Crippen LogP contribution in [0.3, 0.4) is 0 Å². The minimum absolute atomic E-state index is 0.0796. The van der Waals surface area contributed by atoms with E-state index in [4.69, 9.17) is 4.74 Å². The number of rotatable bonds is 4. The van der Waals surface area contributed by atoms with Gasteiger partial charge in [-0.25, -0.2) is 4.79 Å². The molecule has 4 nitrogen and oxygen atoms in total. The van der Waals surface area contributed by atoms with Crippen molar-refractivity contribution in [2.24, 2.45) is 0 Å². The predicted octanol–water partition coefficient (Wildman–Crippen LogP) is 3.14. The number of ether oxygens (including phenoxy) is 1. The summed E-state index contributed by atoms with van der Waals surface area (Å²) >= 11 is 0. The van der Waals surface area contributed by atoms with Crippen molar-refractivity contribution in [2.45, 2.75) is 19.4 Å². The number of methoxy groups -OCH3 is 1. The first-order chi connectivity index (χ1) is 9.84. The van der Waals surface area contributed by atoms with Crippen LogP contribution in [0, 0.1) is 0 Å². The molecule has 2 aromatic carbocycles. The van der Waals surface area contributed by atoms with Gasteiger partial charge in [-0.05, 0) is 41.8 Å². The Morgan fingerprint density at radius 3 is 2.52 bits per heavy atom. The highest BCUT2D eigenvalue weighted by Crippen LogP contribution is 2.30. The van der Waals surface area contributed by atoms with E-state index in [1.807, 2.05) is 24.3 Å². The molecule has 110 valence electrons. The SMILES string of the molecule is CO/C=C(/C(=O)O)c1cccc2ccc(C(C)(C)O)cc12. The Balaban J connectivity index is 2.74. The molecule has 0 aliphatic heterocycles. The van der Waals surface area contributed by atoms with Gasteiger partial charge in [0.2, 0.25) is 0 Å². The monoisotopic (exact) mass is 286 g/mol. The summed E-state index contributed by atoms with van der Waals surface area (Å²) in [5, 5.41) is 21.2. The molecule has 4 heteroatoms. The second kappa shape index (κ2) is 5.58. The first-order valence-electron chi connectivity index (χ1n) is 6.57. The molecule has 0 saturated heterocycles. The molecule has 0 heterocycles. The number of fused-ring (bicyclic) bond motifs is 1. The van der Waals surface area contributed by atoms with Crippen LogP contribution in [-0.2, 0) is 15.1 Å². The summed E-state index contributed by atoms with van der Waals surface area (Å²) in [5.74, 6) is -1.06. The molecular formula is C17H18O4.